The van der Waals surface area contributed by atoms with Crippen LogP contribution in [0.1, 0.15) is 35.7 Å². The van der Waals surface area contributed by atoms with Crippen LogP contribution in [0.3, 0.4) is 0 Å². The highest BCUT2D eigenvalue weighted by molar-refractivity contribution is 7.92. The van der Waals surface area contributed by atoms with Gasteiger partial charge in [-0.25, -0.2) is 8.42 Å². The minimum Gasteiger partial charge on any atom is -0.322 e. The summed E-state index contributed by atoms with van der Waals surface area (Å²) in [7, 11) is -3.32. The molecule has 2 aromatic rings. The topological polar surface area (TPSA) is 66.5 Å². The number of aryl methyl sites for hydroxylation is 1. The molecule has 5 nitrogen and oxygen atoms in total. The van der Waals surface area contributed by atoms with Gasteiger partial charge in [-0.3, -0.25) is 9.10 Å². The standard InChI is InChI=1S/C19H22N2O3S/c1-2-13-25(23,24)21-12-6-9-15-10-11-17(14-18(15)21)20-19(22)16-7-4-3-5-8-16/h3-5,7-8,10-11,14H,2,6,9,12-13H2,1H3,(H,20,22). The third kappa shape index (κ3) is 3.85. The molecule has 0 spiro atoms. The van der Waals surface area contributed by atoms with Crippen molar-refractivity contribution in [3.05, 3.63) is 59.7 Å². The summed E-state index contributed by atoms with van der Waals surface area (Å²) in [5.74, 6) is -0.0770. The number of carbonyl (C=O) groups excluding carboxylic acids is 1. The number of rotatable bonds is 5. The molecule has 3 rings (SSSR count). The van der Waals surface area contributed by atoms with E-state index in [9.17, 15) is 13.2 Å². The first-order valence-electron chi connectivity index (χ1n) is 8.51. The molecule has 25 heavy (non-hydrogen) atoms. The molecule has 0 fully saturated rings. The number of fused-ring (bicyclic) bond motifs is 1. The third-order valence-electron chi connectivity index (χ3n) is 4.25. The number of amides is 1. The second-order valence-corrected chi connectivity index (χ2v) is 8.17. The van der Waals surface area contributed by atoms with Gasteiger partial charge in [0, 0.05) is 17.8 Å². The number of nitrogens with one attached hydrogen (secondary N) is 1. The molecule has 6 heteroatoms. The minimum atomic E-state index is -3.32. The molecular formula is C19H22N2O3S. The Bertz CT molecular complexity index is 863. The summed E-state index contributed by atoms with van der Waals surface area (Å²) < 4.78 is 26.6. The van der Waals surface area contributed by atoms with Crippen molar-refractivity contribution in [2.75, 3.05) is 21.9 Å². The smallest absolute Gasteiger partial charge is 0.255 e. The Labute approximate surface area is 148 Å². The number of hydrogen-bond donors (Lipinski definition) is 1. The summed E-state index contributed by atoms with van der Waals surface area (Å²) >= 11 is 0. The van der Waals surface area contributed by atoms with Gasteiger partial charge in [-0.05, 0) is 49.1 Å². The summed E-state index contributed by atoms with van der Waals surface area (Å²) in [4.78, 5) is 12.3. The maximum atomic E-state index is 12.5. The zero-order valence-electron chi connectivity index (χ0n) is 14.2. The van der Waals surface area contributed by atoms with E-state index in [2.05, 4.69) is 5.32 Å². The predicted octanol–water partition coefficient (Wildman–Crippen LogP) is 3.43. The van der Waals surface area contributed by atoms with E-state index in [1.807, 2.05) is 25.1 Å². The van der Waals surface area contributed by atoms with Gasteiger partial charge in [-0.1, -0.05) is 31.2 Å². The van der Waals surface area contributed by atoms with E-state index < -0.39 is 10.0 Å². The van der Waals surface area contributed by atoms with Crippen molar-refractivity contribution in [1.82, 2.24) is 0 Å². The number of anilines is 2. The molecular weight excluding hydrogens is 336 g/mol. The van der Waals surface area contributed by atoms with Gasteiger partial charge in [-0.15, -0.1) is 0 Å². The quantitative estimate of drug-likeness (QED) is 0.890. The molecule has 0 unspecified atom stereocenters. The lowest BCUT2D eigenvalue weighted by atomic mass is 10.0. The van der Waals surface area contributed by atoms with Crippen LogP contribution in [-0.2, 0) is 16.4 Å². The van der Waals surface area contributed by atoms with Crippen molar-refractivity contribution in [2.24, 2.45) is 0 Å². The normalized spacial score (nSPS) is 14.0. The van der Waals surface area contributed by atoms with Crippen molar-refractivity contribution in [3.63, 3.8) is 0 Å². The second kappa shape index (κ2) is 7.27. The fourth-order valence-electron chi connectivity index (χ4n) is 3.07. The first-order chi connectivity index (χ1) is 12.0. The summed E-state index contributed by atoms with van der Waals surface area (Å²) in [6.45, 7) is 2.35. The van der Waals surface area contributed by atoms with Crippen LogP contribution < -0.4 is 9.62 Å². The monoisotopic (exact) mass is 358 g/mol. The Morgan fingerprint density at radius 2 is 1.92 bits per heavy atom. The van der Waals surface area contributed by atoms with E-state index in [-0.39, 0.29) is 11.7 Å². The number of benzene rings is 2. The Morgan fingerprint density at radius 3 is 2.64 bits per heavy atom. The average Bonchev–Trinajstić information content (AvgIpc) is 2.61. The molecule has 1 aliphatic heterocycles. The van der Waals surface area contributed by atoms with Gasteiger partial charge in [0.1, 0.15) is 0 Å². The zero-order valence-corrected chi connectivity index (χ0v) is 15.1. The molecule has 0 radical (unpaired) electrons. The van der Waals surface area contributed by atoms with Crippen molar-refractivity contribution in [1.29, 1.82) is 0 Å². The molecule has 0 aliphatic carbocycles. The van der Waals surface area contributed by atoms with Crippen LogP contribution in [0.5, 0.6) is 0 Å². The first kappa shape index (κ1) is 17.5. The van der Waals surface area contributed by atoms with Crippen molar-refractivity contribution >= 4 is 27.3 Å². The van der Waals surface area contributed by atoms with Gasteiger partial charge < -0.3 is 5.32 Å². The lowest BCUT2D eigenvalue weighted by molar-refractivity contribution is 0.102. The summed E-state index contributed by atoms with van der Waals surface area (Å²) in [5, 5.41) is 2.85. The number of nitrogens with zero attached hydrogens (tertiary/aromatic N) is 1. The lowest BCUT2D eigenvalue weighted by Gasteiger charge is -2.31. The molecule has 1 amide bonds. The van der Waals surface area contributed by atoms with E-state index >= 15 is 0 Å². The van der Waals surface area contributed by atoms with E-state index in [1.165, 1.54) is 4.31 Å². The molecule has 0 saturated heterocycles. The van der Waals surface area contributed by atoms with Crippen LogP contribution in [0.4, 0.5) is 11.4 Å². The second-order valence-electron chi connectivity index (χ2n) is 6.16. The number of carbonyl (C=O) groups is 1. The predicted molar refractivity (Wildman–Crippen MR) is 101 cm³/mol. The minimum absolute atomic E-state index is 0.132. The van der Waals surface area contributed by atoms with Crippen LogP contribution >= 0.6 is 0 Å². The fraction of sp³-hybridized carbons (Fsp3) is 0.316. The Morgan fingerprint density at radius 1 is 1.16 bits per heavy atom. The molecule has 2 aromatic carbocycles. The highest BCUT2D eigenvalue weighted by Gasteiger charge is 2.27. The van der Waals surface area contributed by atoms with Crippen LogP contribution in [0, 0.1) is 0 Å². The number of hydrogen-bond acceptors (Lipinski definition) is 3. The Kier molecular flexibility index (Phi) is 5.08. The molecule has 1 N–H and O–H groups in total. The van der Waals surface area contributed by atoms with Crippen LogP contribution in [0.15, 0.2) is 48.5 Å². The molecule has 0 bridgehead atoms. The lowest BCUT2D eigenvalue weighted by Crippen LogP contribution is -2.37. The van der Waals surface area contributed by atoms with E-state index in [1.54, 1.807) is 30.3 Å². The van der Waals surface area contributed by atoms with Crippen molar-refractivity contribution < 1.29 is 13.2 Å². The molecule has 0 aromatic heterocycles. The number of sulfonamides is 1. The van der Waals surface area contributed by atoms with Gasteiger partial charge in [0.15, 0.2) is 0 Å². The van der Waals surface area contributed by atoms with Crippen LogP contribution in [-0.4, -0.2) is 26.6 Å². The SMILES string of the molecule is CCCS(=O)(=O)N1CCCc2ccc(NC(=O)c3ccccc3)cc21. The van der Waals surface area contributed by atoms with E-state index in [0.717, 1.165) is 18.4 Å². The first-order valence-corrected chi connectivity index (χ1v) is 10.1. The van der Waals surface area contributed by atoms with Crippen LogP contribution in [0.25, 0.3) is 0 Å². The zero-order chi connectivity index (χ0) is 17.9. The average molecular weight is 358 g/mol. The Hall–Kier alpha value is -2.34. The van der Waals surface area contributed by atoms with Crippen molar-refractivity contribution in [3.8, 4) is 0 Å². The van der Waals surface area contributed by atoms with Gasteiger partial charge in [0.05, 0.1) is 11.4 Å². The fourth-order valence-corrected chi connectivity index (χ4v) is 4.68. The third-order valence-corrected chi connectivity index (χ3v) is 6.23. The van der Waals surface area contributed by atoms with E-state index in [4.69, 9.17) is 0 Å². The largest absolute Gasteiger partial charge is 0.322 e. The van der Waals surface area contributed by atoms with Crippen LogP contribution in [0.2, 0.25) is 0 Å². The van der Waals surface area contributed by atoms with Crippen molar-refractivity contribution in [2.45, 2.75) is 26.2 Å². The molecule has 0 atom stereocenters. The van der Waals surface area contributed by atoms with Gasteiger partial charge in [0.2, 0.25) is 10.0 Å². The molecule has 0 saturated carbocycles. The summed E-state index contributed by atoms with van der Waals surface area (Å²) in [6.07, 6.45) is 2.24. The molecule has 1 aliphatic rings. The molecule has 132 valence electrons. The van der Waals surface area contributed by atoms with Gasteiger partial charge in [-0.2, -0.15) is 0 Å². The Balaban J connectivity index is 1.89. The maximum absolute atomic E-state index is 12.5. The summed E-state index contributed by atoms with van der Waals surface area (Å²) in [6, 6.07) is 14.5. The van der Waals surface area contributed by atoms with Gasteiger partial charge in [0.25, 0.3) is 5.91 Å². The highest BCUT2D eigenvalue weighted by Crippen LogP contribution is 2.32. The maximum Gasteiger partial charge on any atom is 0.255 e. The molecule has 1 heterocycles. The summed E-state index contributed by atoms with van der Waals surface area (Å²) in [5.41, 5.74) is 2.86. The highest BCUT2D eigenvalue weighted by atomic mass is 32.2. The van der Waals surface area contributed by atoms with Gasteiger partial charge >= 0.3 is 0 Å². The van der Waals surface area contributed by atoms with E-state index in [0.29, 0.717) is 29.9 Å².